The predicted molar refractivity (Wildman–Crippen MR) is 107 cm³/mol. The molecule has 0 fully saturated rings. The second-order valence-electron chi connectivity index (χ2n) is 4.77. The number of hydrogen-bond acceptors (Lipinski definition) is 6. The lowest BCUT2D eigenvalue weighted by Gasteiger charge is -2.06. The number of ether oxygens (including phenoxy) is 2. The fourth-order valence-electron chi connectivity index (χ4n) is 1.74. The second-order valence-corrected chi connectivity index (χ2v) is 6.26. The van der Waals surface area contributed by atoms with E-state index in [0.717, 1.165) is 0 Å². The third-order valence-electron chi connectivity index (χ3n) is 2.93. The van der Waals surface area contributed by atoms with Crippen LogP contribution in [0.3, 0.4) is 0 Å². The number of aromatic nitrogens is 2. The van der Waals surface area contributed by atoms with Crippen LogP contribution in [-0.4, -0.2) is 36.3 Å². The molecule has 0 radical (unpaired) electrons. The van der Waals surface area contributed by atoms with Gasteiger partial charge in [-0.05, 0) is 19.1 Å². The van der Waals surface area contributed by atoms with E-state index in [-0.39, 0.29) is 32.0 Å². The number of carbonyl (C=O) groups is 2. The van der Waals surface area contributed by atoms with E-state index in [1.165, 1.54) is 39.4 Å². The molecule has 6 nitrogen and oxygen atoms in total. The van der Waals surface area contributed by atoms with Crippen LogP contribution in [0.25, 0.3) is 6.08 Å². The van der Waals surface area contributed by atoms with Crippen LogP contribution in [-0.2, 0) is 4.79 Å². The Bertz CT molecular complexity index is 872. The van der Waals surface area contributed by atoms with Crippen molar-refractivity contribution in [3.05, 3.63) is 49.9 Å². The lowest BCUT2D eigenvalue weighted by molar-refractivity contribution is -0.112. The third kappa shape index (κ3) is 6.99. The quantitative estimate of drug-likeness (QED) is 0.352. The molecule has 0 bridgehead atoms. The monoisotopic (exact) mass is 450 g/mol. The Morgan fingerprint density at radius 1 is 0.926 bits per heavy atom. The average molecular weight is 452 g/mol. The Balaban J connectivity index is 0.000000277. The predicted octanol–water partition coefficient (Wildman–Crippen LogP) is 5.21. The number of ketones is 1. The van der Waals surface area contributed by atoms with Gasteiger partial charge in [-0.1, -0.05) is 46.4 Å². The molecule has 0 saturated heterocycles. The average Bonchev–Trinajstić information content (AvgIpc) is 2.59. The highest BCUT2D eigenvalue weighted by Gasteiger charge is 2.10. The van der Waals surface area contributed by atoms with Crippen LogP contribution >= 0.6 is 46.4 Å². The number of rotatable bonds is 5. The Morgan fingerprint density at radius 3 is 1.78 bits per heavy atom. The number of allylic oxidation sites excluding steroid dienone is 1. The summed E-state index contributed by atoms with van der Waals surface area (Å²) in [5.74, 6) is 0.732. The smallest absolute Gasteiger partial charge is 0.156 e. The summed E-state index contributed by atoms with van der Waals surface area (Å²) in [6.07, 6.45) is 3.51. The minimum atomic E-state index is -0.0805. The molecule has 0 aliphatic rings. The van der Waals surface area contributed by atoms with Crippen LogP contribution in [0.5, 0.6) is 11.5 Å². The Kier molecular flexibility index (Phi) is 9.52. The van der Waals surface area contributed by atoms with Gasteiger partial charge in [0.15, 0.2) is 12.1 Å². The number of hydrogen-bond donors (Lipinski definition) is 0. The third-order valence-corrected chi connectivity index (χ3v) is 3.89. The molecule has 0 saturated carbocycles. The molecule has 10 heteroatoms. The summed E-state index contributed by atoms with van der Waals surface area (Å²) in [7, 11) is 2.92. The SMILES string of the molecule is COc1cc(Cl)nc(Cl)c1C=CC(C)=O.COc1cc(Cl)nc(Cl)c1C=O. The van der Waals surface area contributed by atoms with Gasteiger partial charge in [-0.15, -0.1) is 0 Å². The molecular weight excluding hydrogens is 438 g/mol. The zero-order valence-corrected chi connectivity index (χ0v) is 17.4. The second kappa shape index (κ2) is 11.1. The van der Waals surface area contributed by atoms with Crippen molar-refractivity contribution in [2.75, 3.05) is 14.2 Å². The van der Waals surface area contributed by atoms with Crippen LogP contribution in [0.4, 0.5) is 0 Å². The zero-order valence-electron chi connectivity index (χ0n) is 14.4. The highest BCUT2D eigenvalue weighted by molar-refractivity contribution is 6.34. The summed E-state index contributed by atoms with van der Waals surface area (Å²) in [6.45, 7) is 1.44. The van der Waals surface area contributed by atoms with Crippen LogP contribution in [0.2, 0.25) is 20.6 Å². The number of carbonyl (C=O) groups excluding carboxylic acids is 2. The van der Waals surface area contributed by atoms with E-state index in [1.807, 2.05) is 0 Å². The van der Waals surface area contributed by atoms with Crippen LogP contribution in [0.15, 0.2) is 18.2 Å². The van der Waals surface area contributed by atoms with Gasteiger partial charge in [-0.25, -0.2) is 9.97 Å². The van der Waals surface area contributed by atoms with Gasteiger partial charge in [0.05, 0.1) is 25.3 Å². The number of aldehydes is 1. The van der Waals surface area contributed by atoms with E-state index in [0.29, 0.717) is 23.3 Å². The summed E-state index contributed by atoms with van der Waals surface area (Å²) in [6, 6.07) is 2.96. The van der Waals surface area contributed by atoms with Gasteiger partial charge in [0.2, 0.25) is 0 Å². The van der Waals surface area contributed by atoms with Crippen LogP contribution in [0, 0.1) is 0 Å². The van der Waals surface area contributed by atoms with Crippen molar-refractivity contribution in [2.24, 2.45) is 0 Å². The number of nitrogens with zero attached hydrogens (tertiary/aromatic N) is 2. The molecule has 0 aromatic carbocycles. The number of methoxy groups -OCH3 is 2. The molecule has 0 aliphatic heterocycles. The van der Waals surface area contributed by atoms with Crippen molar-refractivity contribution < 1.29 is 19.1 Å². The summed E-state index contributed by atoms with van der Waals surface area (Å²) in [5.41, 5.74) is 0.752. The maximum absolute atomic E-state index is 10.8. The van der Waals surface area contributed by atoms with Gasteiger partial charge in [-0.2, -0.15) is 0 Å². The first kappa shape index (κ1) is 23.2. The zero-order chi connectivity index (χ0) is 20.6. The Morgan fingerprint density at radius 2 is 1.37 bits per heavy atom. The molecule has 0 atom stereocenters. The molecule has 0 aliphatic carbocycles. The fourth-order valence-corrected chi connectivity index (χ4v) is 2.67. The van der Waals surface area contributed by atoms with E-state index in [2.05, 4.69) is 9.97 Å². The van der Waals surface area contributed by atoms with Gasteiger partial charge >= 0.3 is 0 Å². The van der Waals surface area contributed by atoms with E-state index < -0.39 is 0 Å². The number of pyridine rings is 2. The molecule has 27 heavy (non-hydrogen) atoms. The maximum atomic E-state index is 10.8. The van der Waals surface area contributed by atoms with Crippen LogP contribution < -0.4 is 9.47 Å². The standard InChI is InChI=1S/C10H9Cl2NO2.C7H5Cl2NO2/c1-6(14)3-4-7-8(15-2)5-9(11)13-10(7)12;1-12-5-2-6(8)10-7(9)4(5)3-11/h3-5H,1-2H3;2-3H,1H3. The van der Waals surface area contributed by atoms with Crippen molar-refractivity contribution in [3.8, 4) is 11.5 Å². The normalized spacial score (nSPS) is 10.2. The lowest BCUT2D eigenvalue weighted by Crippen LogP contribution is -1.93. The molecule has 0 amide bonds. The first-order valence-electron chi connectivity index (χ1n) is 7.17. The minimum Gasteiger partial charge on any atom is -0.496 e. The molecule has 0 spiro atoms. The molecule has 0 N–H and O–H groups in total. The summed E-state index contributed by atoms with van der Waals surface area (Å²) in [4.78, 5) is 28.8. The largest absolute Gasteiger partial charge is 0.496 e. The fraction of sp³-hybridized carbons (Fsp3) is 0.176. The topological polar surface area (TPSA) is 78.4 Å². The van der Waals surface area contributed by atoms with Gasteiger partial charge in [0, 0.05) is 12.1 Å². The van der Waals surface area contributed by atoms with E-state index in [1.54, 1.807) is 6.08 Å². The molecule has 2 heterocycles. The van der Waals surface area contributed by atoms with Gasteiger partial charge < -0.3 is 9.47 Å². The van der Waals surface area contributed by atoms with E-state index in [4.69, 9.17) is 55.9 Å². The molecular formula is C17H14Cl4N2O4. The summed E-state index contributed by atoms with van der Waals surface area (Å²) in [5, 5.41) is 0.700. The molecule has 2 rings (SSSR count). The molecule has 2 aromatic heterocycles. The van der Waals surface area contributed by atoms with E-state index in [9.17, 15) is 9.59 Å². The first-order chi connectivity index (χ1) is 12.7. The van der Waals surface area contributed by atoms with Crippen molar-refractivity contribution in [1.82, 2.24) is 9.97 Å². The van der Waals surface area contributed by atoms with Crippen molar-refractivity contribution in [3.63, 3.8) is 0 Å². The van der Waals surface area contributed by atoms with Crippen LogP contribution in [0.1, 0.15) is 22.8 Å². The van der Waals surface area contributed by atoms with Gasteiger partial charge in [0.1, 0.15) is 32.1 Å². The highest BCUT2D eigenvalue weighted by atomic mass is 35.5. The Labute approximate surface area is 176 Å². The highest BCUT2D eigenvalue weighted by Crippen LogP contribution is 2.29. The Hall–Kier alpha value is -1.86. The number of halogens is 4. The van der Waals surface area contributed by atoms with Crippen molar-refractivity contribution >= 4 is 64.5 Å². The lowest BCUT2D eigenvalue weighted by atomic mass is 10.2. The van der Waals surface area contributed by atoms with Gasteiger partial charge in [0.25, 0.3) is 0 Å². The first-order valence-corrected chi connectivity index (χ1v) is 8.68. The summed E-state index contributed by atoms with van der Waals surface area (Å²) >= 11 is 22.7. The minimum absolute atomic E-state index is 0.0503. The summed E-state index contributed by atoms with van der Waals surface area (Å²) < 4.78 is 9.93. The molecule has 0 unspecified atom stereocenters. The molecule has 144 valence electrons. The van der Waals surface area contributed by atoms with Crippen molar-refractivity contribution in [2.45, 2.75) is 6.92 Å². The van der Waals surface area contributed by atoms with Gasteiger partial charge in [-0.3, -0.25) is 9.59 Å². The molecule has 2 aromatic rings. The van der Waals surface area contributed by atoms with E-state index >= 15 is 0 Å². The maximum Gasteiger partial charge on any atom is 0.156 e. The van der Waals surface area contributed by atoms with Crippen molar-refractivity contribution in [1.29, 1.82) is 0 Å².